The van der Waals surface area contributed by atoms with Gasteiger partial charge in [0.15, 0.2) is 0 Å². The molecule has 1 fully saturated rings. The van der Waals surface area contributed by atoms with Crippen molar-refractivity contribution < 1.29 is 91.9 Å². The van der Waals surface area contributed by atoms with Crippen LogP contribution in [0.4, 0.5) is 4.39 Å². The fourth-order valence-electron chi connectivity index (χ4n) is 11.0. The molecular weight excluding hydrogens is 1410 g/mol. The highest BCUT2D eigenvalue weighted by atomic mass is 33.1. The Balaban J connectivity index is 1.20. The van der Waals surface area contributed by atoms with Crippen LogP contribution in [-0.4, -0.2) is 205 Å². The van der Waals surface area contributed by atoms with Gasteiger partial charge in [-0.2, -0.15) is 0 Å². The molecule has 0 aliphatic carbocycles. The maximum Gasteiger partial charge on any atom is 0.305 e. The van der Waals surface area contributed by atoms with Crippen molar-refractivity contribution >= 4 is 98.5 Å². The number of rotatable bonds is 35. The minimum Gasteiger partial charge on any atom is -0.497 e. The zero-order chi connectivity index (χ0) is 76.9. The Morgan fingerprint density at radius 2 is 1.43 bits per heavy atom. The quantitative estimate of drug-likeness (QED) is 0.0217. The Bertz CT molecular complexity index is 3860. The Kier molecular flexibility index (Phi) is 32.7. The summed E-state index contributed by atoms with van der Waals surface area (Å²) in [5.41, 5.74) is 14.0. The average Bonchev–Trinajstić information content (AvgIpc) is 1.10. The zero-order valence-electron chi connectivity index (χ0n) is 58.1. The van der Waals surface area contributed by atoms with Crippen LogP contribution in [0.2, 0.25) is 0 Å². The van der Waals surface area contributed by atoms with Gasteiger partial charge in [-0.25, -0.2) is 9.37 Å². The lowest BCUT2D eigenvalue weighted by molar-refractivity contribution is -0.142. The van der Waals surface area contributed by atoms with Gasteiger partial charge in [-0.3, -0.25) is 62.3 Å². The number of benzene rings is 4. The second kappa shape index (κ2) is 41.1. The maximum absolute atomic E-state index is 15.6. The first kappa shape index (κ1) is 83.5. The summed E-state index contributed by atoms with van der Waals surface area (Å²) >= 11 is 0. The number of aliphatic hydroxyl groups is 2. The van der Waals surface area contributed by atoms with Gasteiger partial charge < -0.3 is 94.8 Å². The second-order valence-corrected chi connectivity index (χ2v) is 27.7. The van der Waals surface area contributed by atoms with E-state index in [9.17, 15) is 82.8 Å². The van der Waals surface area contributed by atoms with E-state index in [1.54, 1.807) is 37.4 Å². The van der Waals surface area contributed by atoms with Gasteiger partial charge in [0.25, 0.3) is 0 Å². The molecule has 0 bridgehead atoms. The molecule has 1 aliphatic rings. The van der Waals surface area contributed by atoms with Crippen LogP contribution in [0.3, 0.4) is 0 Å². The van der Waals surface area contributed by atoms with Gasteiger partial charge in [0.2, 0.25) is 65.0 Å². The molecule has 11 amide bonds. The summed E-state index contributed by atoms with van der Waals surface area (Å²) < 4.78 is 21.0. The lowest BCUT2D eigenvalue weighted by Gasteiger charge is -2.34. The number of carbonyl (C=O) groups is 13. The maximum atomic E-state index is 15.6. The molecule has 105 heavy (non-hydrogen) atoms. The first-order valence-corrected chi connectivity index (χ1v) is 36.0. The summed E-state index contributed by atoms with van der Waals surface area (Å²) in [7, 11) is 3.63. The third-order valence-corrected chi connectivity index (χ3v) is 19.3. The molecule has 19 N–H and O–H groups in total. The molecule has 32 nitrogen and oxygen atoms in total. The molecule has 4 aromatic carbocycles. The van der Waals surface area contributed by atoms with E-state index in [1.807, 2.05) is 49.4 Å². The number of aromatic nitrogens is 2. The number of primary amides is 1. The third kappa shape index (κ3) is 26.3. The molecule has 566 valence electrons. The Hall–Kier alpha value is -10.5. The topological polar surface area (TPSA) is 513 Å². The van der Waals surface area contributed by atoms with E-state index in [1.165, 1.54) is 30.7 Å². The highest BCUT2D eigenvalue weighted by Crippen LogP contribution is 2.29. The predicted octanol–water partition coefficient (Wildman–Crippen LogP) is -0.983. The third-order valence-electron chi connectivity index (χ3n) is 16.9. The summed E-state index contributed by atoms with van der Waals surface area (Å²) in [6, 6.07) is 12.2. The Morgan fingerprint density at radius 1 is 0.762 bits per heavy atom. The number of carbonyl (C=O) groups excluding carboxylic acids is 11. The SMILES string of the molecule is CCc1cc(OC)ccc1-c1ccc(C[C@H](NC(=O)[C@H](CC(=O)O)NC(=O)[C@H](CO)NC(=O)[C@@H](NC(=O)[C@](C)(Cc2ccccc2F)NC(=O)[C@H]2CCSSC[C@H](NC(=O)[C@@H](N)Cc3cnc[nH]3)C(=O)N[C@@H](CCC(=O)O)C(=O)NCC(=O)N2)[C@@H](C)O)C(=O)N[C@@H](CCCc2ccccc2)C(N)=O)cc1. The second-order valence-electron chi connectivity index (χ2n) is 25.0. The number of aromatic amines is 1. The van der Waals surface area contributed by atoms with E-state index in [-0.39, 0.29) is 42.8 Å². The van der Waals surface area contributed by atoms with E-state index >= 15 is 4.39 Å². The fourth-order valence-corrected chi connectivity index (χ4v) is 13.3. The molecule has 0 saturated carbocycles. The average molecular weight is 1500 g/mol. The minimum absolute atomic E-state index is 0.00526. The molecule has 1 saturated heterocycles. The van der Waals surface area contributed by atoms with Crippen LogP contribution in [0.1, 0.15) is 87.2 Å². The largest absolute Gasteiger partial charge is 0.497 e. The molecule has 6 rings (SSSR count). The number of aliphatic carboxylic acids is 2. The van der Waals surface area contributed by atoms with Crippen LogP contribution in [0, 0.1) is 5.82 Å². The highest BCUT2D eigenvalue weighted by molar-refractivity contribution is 8.76. The number of amides is 11. The normalized spacial score (nSPS) is 17.6. The first-order chi connectivity index (χ1) is 50.0. The Labute approximate surface area is 611 Å². The van der Waals surface area contributed by atoms with Gasteiger partial charge >= 0.3 is 11.9 Å². The number of carboxylic acid groups (broad SMARTS) is 2. The van der Waals surface area contributed by atoms with Gasteiger partial charge in [0, 0.05) is 49.1 Å². The summed E-state index contributed by atoms with van der Waals surface area (Å²) in [4.78, 5) is 184. The van der Waals surface area contributed by atoms with Crippen molar-refractivity contribution in [3.63, 3.8) is 0 Å². The van der Waals surface area contributed by atoms with Gasteiger partial charge in [-0.1, -0.05) is 107 Å². The van der Waals surface area contributed by atoms with Crippen LogP contribution in [0.25, 0.3) is 11.1 Å². The number of nitrogens with two attached hydrogens (primary N) is 2. The van der Waals surface area contributed by atoms with Crippen LogP contribution in [0.5, 0.6) is 5.75 Å². The monoisotopic (exact) mass is 1500 g/mol. The van der Waals surface area contributed by atoms with Crippen molar-refractivity contribution in [2.24, 2.45) is 11.5 Å². The van der Waals surface area contributed by atoms with E-state index < -0.39 is 188 Å². The van der Waals surface area contributed by atoms with Crippen LogP contribution in [0.15, 0.2) is 110 Å². The van der Waals surface area contributed by atoms with Crippen molar-refractivity contribution in [3.05, 3.63) is 143 Å². The van der Waals surface area contributed by atoms with Crippen LogP contribution >= 0.6 is 21.6 Å². The highest BCUT2D eigenvalue weighted by Gasteiger charge is 2.42. The number of nitrogens with one attached hydrogen (secondary N) is 11. The smallest absolute Gasteiger partial charge is 0.305 e. The van der Waals surface area contributed by atoms with Gasteiger partial charge in [-0.05, 0) is 104 Å². The number of aliphatic hydroxyl groups excluding tert-OH is 2. The molecule has 2 heterocycles. The number of carboxylic acids is 2. The van der Waals surface area contributed by atoms with Gasteiger partial charge in [-0.15, -0.1) is 0 Å². The molecule has 0 radical (unpaired) electrons. The standard InChI is InChI=1S/C70H89FN14O18S2/c1-5-41-29-45(103-4)22-23-46(41)42-20-18-40(19-21-42)28-52(63(96)78-49(60(73)93)17-11-14-39-12-7-6-8-13-39)80-64(97)53(31-58(91)92)81-65(98)54(35-86)82-68(101)59(38(2)87)84-69(102)70(3,32-43-15-9-10-16-47(43)71)85-67(100)51-26-27-104-105-36-55(83-61(94)48(72)30-44-33-74-37-76-44)66(99)79-50(24-25-57(89)90)62(95)75-34-56(88)77-51/h6-10,12-13,15-16,18-23,29,33,37-38,48-55,59,86-87H,5,11,14,17,24-28,30-32,34-36,72H2,1-4H3,(H2,73,93)(H,74,76)(H,75,95)(H,77,88)(H,78,96)(H,79,99)(H,80,97)(H,81,98)(H,82,101)(H,83,94)(H,84,102)(H,85,100)(H,89,90)(H,91,92)/t38-,48+,49+,50+,51-,52+,53+,54+,55+,59+,70+/m1/s1. The number of hydrogen-bond acceptors (Lipinski definition) is 20. The number of ether oxygens (including phenoxy) is 1. The lowest BCUT2D eigenvalue weighted by Crippen LogP contribution is -2.66. The van der Waals surface area contributed by atoms with E-state index in [2.05, 4.69) is 63.1 Å². The van der Waals surface area contributed by atoms with Crippen molar-refractivity contribution in [1.82, 2.24) is 63.1 Å². The molecule has 11 atom stereocenters. The van der Waals surface area contributed by atoms with Crippen molar-refractivity contribution in [2.45, 2.75) is 157 Å². The number of methoxy groups -OCH3 is 1. The molecule has 1 aromatic heterocycles. The van der Waals surface area contributed by atoms with Crippen LogP contribution < -0.4 is 69.4 Å². The van der Waals surface area contributed by atoms with Crippen molar-refractivity contribution in [2.75, 3.05) is 31.8 Å². The number of H-pyrrole nitrogens is 1. The number of nitrogens with zero attached hydrogens (tertiary/aromatic N) is 1. The number of imidazole rings is 1. The molecule has 1 aliphatic heterocycles. The summed E-state index contributed by atoms with van der Waals surface area (Å²) in [5, 5.41) is 65.3. The molecule has 35 heteroatoms. The van der Waals surface area contributed by atoms with Gasteiger partial charge in [0.05, 0.1) is 45.2 Å². The van der Waals surface area contributed by atoms with E-state index in [0.717, 1.165) is 63.8 Å². The van der Waals surface area contributed by atoms with Crippen LogP contribution in [-0.2, 0) is 94.4 Å². The predicted molar refractivity (Wildman–Crippen MR) is 383 cm³/mol. The minimum atomic E-state index is -2.33. The number of halogens is 1. The summed E-state index contributed by atoms with van der Waals surface area (Å²) in [6.07, 6.45) is -0.831. The van der Waals surface area contributed by atoms with E-state index in [0.29, 0.717) is 36.3 Å². The molecular formula is C70H89FN14O18S2. The number of hydrogen-bond donors (Lipinski definition) is 17. The summed E-state index contributed by atoms with van der Waals surface area (Å²) in [6.45, 7) is 2.02. The molecule has 0 unspecified atom stereocenters. The van der Waals surface area contributed by atoms with E-state index in [4.69, 9.17) is 16.2 Å². The van der Waals surface area contributed by atoms with Crippen molar-refractivity contribution in [1.29, 1.82) is 0 Å². The fraction of sp³-hybridized carbons (Fsp3) is 0.429. The zero-order valence-corrected chi connectivity index (χ0v) is 59.7. The molecule has 5 aromatic rings. The van der Waals surface area contributed by atoms with Crippen molar-refractivity contribution in [3.8, 4) is 16.9 Å². The summed E-state index contributed by atoms with van der Waals surface area (Å²) in [5.74, 6) is -15.3. The molecule has 0 spiro atoms. The first-order valence-electron chi connectivity index (χ1n) is 33.6. The Morgan fingerprint density at radius 3 is 2.07 bits per heavy atom. The van der Waals surface area contributed by atoms with Gasteiger partial charge in [0.1, 0.15) is 65.4 Å². The lowest BCUT2D eigenvalue weighted by atomic mass is 9.90. The number of aryl methyl sites for hydroxylation is 2.